The van der Waals surface area contributed by atoms with Crippen LogP contribution in [0.2, 0.25) is 0 Å². The van der Waals surface area contributed by atoms with E-state index < -0.39 is 0 Å². The first kappa shape index (κ1) is 18.9. The van der Waals surface area contributed by atoms with Gasteiger partial charge in [-0.15, -0.1) is 0 Å². The molecule has 0 aromatic heterocycles. The third kappa shape index (κ3) is 5.54. The topological polar surface area (TPSA) is 61.4 Å². The maximum atomic E-state index is 13.6. The standard InChI is InChI=1S/C21H24FN3O2/c22-19-9-2-1-7-17(19)10-11-20(26)23-15-16-6-5-8-18(14-16)24-21(27)25-12-3-4-13-25/h1-2,5-9,14H,3-4,10-13,15H2,(H,23,26)(H,24,27). The number of carbonyl (C=O) groups excluding carboxylic acids is 2. The zero-order chi connectivity index (χ0) is 19.1. The molecule has 2 aromatic carbocycles. The number of halogens is 1. The van der Waals surface area contributed by atoms with E-state index in [1.165, 1.54) is 6.07 Å². The van der Waals surface area contributed by atoms with Gasteiger partial charge in [-0.3, -0.25) is 4.79 Å². The molecule has 3 amide bonds. The van der Waals surface area contributed by atoms with Crippen LogP contribution < -0.4 is 10.6 Å². The number of anilines is 1. The van der Waals surface area contributed by atoms with E-state index in [9.17, 15) is 14.0 Å². The van der Waals surface area contributed by atoms with Crippen molar-refractivity contribution in [1.29, 1.82) is 0 Å². The molecule has 1 saturated heterocycles. The largest absolute Gasteiger partial charge is 0.352 e. The molecule has 27 heavy (non-hydrogen) atoms. The van der Waals surface area contributed by atoms with E-state index in [0.717, 1.165) is 31.5 Å². The highest BCUT2D eigenvalue weighted by Crippen LogP contribution is 2.14. The summed E-state index contributed by atoms with van der Waals surface area (Å²) in [4.78, 5) is 26.0. The van der Waals surface area contributed by atoms with Gasteiger partial charge in [0.05, 0.1) is 0 Å². The zero-order valence-electron chi connectivity index (χ0n) is 15.2. The molecular formula is C21H24FN3O2. The van der Waals surface area contributed by atoms with Crippen LogP contribution in [0.1, 0.15) is 30.4 Å². The summed E-state index contributed by atoms with van der Waals surface area (Å²) in [5, 5.41) is 5.74. The Hall–Kier alpha value is -2.89. The van der Waals surface area contributed by atoms with Crippen molar-refractivity contribution >= 4 is 17.6 Å². The van der Waals surface area contributed by atoms with Gasteiger partial charge < -0.3 is 15.5 Å². The number of amides is 3. The summed E-state index contributed by atoms with van der Waals surface area (Å²) in [5.41, 5.74) is 2.15. The number of benzene rings is 2. The molecule has 2 aromatic rings. The number of urea groups is 1. The third-order valence-electron chi connectivity index (χ3n) is 4.64. The van der Waals surface area contributed by atoms with Gasteiger partial charge in [-0.05, 0) is 48.6 Å². The SMILES string of the molecule is O=C(CCc1ccccc1F)NCc1cccc(NC(=O)N2CCCC2)c1. The van der Waals surface area contributed by atoms with Crippen molar-refractivity contribution in [2.24, 2.45) is 0 Å². The third-order valence-corrected chi connectivity index (χ3v) is 4.64. The lowest BCUT2D eigenvalue weighted by molar-refractivity contribution is -0.121. The first-order chi connectivity index (χ1) is 13.1. The maximum absolute atomic E-state index is 13.6. The van der Waals surface area contributed by atoms with Crippen LogP contribution in [-0.2, 0) is 17.8 Å². The quantitative estimate of drug-likeness (QED) is 0.816. The number of likely N-dealkylation sites (tertiary alicyclic amines) is 1. The number of nitrogens with zero attached hydrogens (tertiary/aromatic N) is 1. The number of carbonyl (C=O) groups is 2. The summed E-state index contributed by atoms with van der Waals surface area (Å²) < 4.78 is 13.6. The minimum Gasteiger partial charge on any atom is -0.352 e. The van der Waals surface area contributed by atoms with Crippen molar-refractivity contribution in [3.63, 3.8) is 0 Å². The average Bonchev–Trinajstić information content (AvgIpc) is 3.21. The second-order valence-corrected chi connectivity index (χ2v) is 6.69. The van der Waals surface area contributed by atoms with E-state index in [2.05, 4.69) is 10.6 Å². The van der Waals surface area contributed by atoms with Gasteiger partial charge >= 0.3 is 6.03 Å². The maximum Gasteiger partial charge on any atom is 0.321 e. The number of hydrogen-bond donors (Lipinski definition) is 2. The highest BCUT2D eigenvalue weighted by atomic mass is 19.1. The molecule has 0 bridgehead atoms. The predicted octanol–water partition coefficient (Wildman–Crippen LogP) is 3.70. The molecule has 0 atom stereocenters. The molecule has 1 heterocycles. The van der Waals surface area contributed by atoms with Crippen LogP contribution >= 0.6 is 0 Å². The van der Waals surface area contributed by atoms with Gasteiger partial charge in [0.1, 0.15) is 5.82 Å². The Labute approximate surface area is 158 Å². The summed E-state index contributed by atoms with van der Waals surface area (Å²) in [5.74, 6) is -0.420. The Morgan fingerprint density at radius 1 is 1.04 bits per heavy atom. The molecule has 0 saturated carbocycles. The van der Waals surface area contributed by atoms with Crippen molar-refractivity contribution in [2.75, 3.05) is 18.4 Å². The summed E-state index contributed by atoms with van der Waals surface area (Å²) in [7, 11) is 0. The lowest BCUT2D eigenvalue weighted by atomic mass is 10.1. The lowest BCUT2D eigenvalue weighted by Gasteiger charge is -2.16. The highest BCUT2D eigenvalue weighted by Gasteiger charge is 2.17. The first-order valence-electron chi connectivity index (χ1n) is 9.27. The Morgan fingerprint density at radius 2 is 1.81 bits per heavy atom. The summed E-state index contributed by atoms with van der Waals surface area (Å²) in [6.07, 6.45) is 2.69. The van der Waals surface area contributed by atoms with Gasteiger partial charge in [-0.1, -0.05) is 30.3 Å². The smallest absolute Gasteiger partial charge is 0.321 e. The molecule has 142 valence electrons. The van der Waals surface area contributed by atoms with Crippen molar-refractivity contribution in [3.05, 3.63) is 65.5 Å². The van der Waals surface area contributed by atoms with Crippen molar-refractivity contribution in [3.8, 4) is 0 Å². The fourth-order valence-corrected chi connectivity index (χ4v) is 3.12. The number of hydrogen-bond acceptors (Lipinski definition) is 2. The van der Waals surface area contributed by atoms with Crippen molar-refractivity contribution in [2.45, 2.75) is 32.2 Å². The molecule has 2 N–H and O–H groups in total. The Balaban J connectivity index is 1.47. The molecule has 1 fully saturated rings. The van der Waals surface area contributed by atoms with Crippen LogP contribution in [0.5, 0.6) is 0 Å². The van der Waals surface area contributed by atoms with E-state index in [0.29, 0.717) is 24.2 Å². The predicted molar refractivity (Wildman–Crippen MR) is 103 cm³/mol. The van der Waals surface area contributed by atoms with Crippen LogP contribution in [0.25, 0.3) is 0 Å². The fraction of sp³-hybridized carbons (Fsp3) is 0.333. The second-order valence-electron chi connectivity index (χ2n) is 6.69. The monoisotopic (exact) mass is 369 g/mol. The van der Waals surface area contributed by atoms with Gasteiger partial charge in [0.15, 0.2) is 0 Å². The average molecular weight is 369 g/mol. The Bertz CT molecular complexity index is 804. The Kier molecular flexibility index (Phi) is 6.41. The summed E-state index contributed by atoms with van der Waals surface area (Å²) >= 11 is 0. The van der Waals surface area contributed by atoms with E-state index in [4.69, 9.17) is 0 Å². The molecule has 0 unspecified atom stereocenters. The second kappa shape index (κ2) is 9.16. The van der Waals surface area contributed by atoms with E-state index in [1.807, 2.05) is 24.3 Å². The minimum atomic E-state index is -0.285. The first-order valence-corrected chi connectivity index (χ1v) is 9.27. The van der Waals surface area contributed by atoms with Crippen LogP contribution in [0, 0.1) is 5.82 Å². The van der Waals surface area contributed by atoms with Crippen LogP contribution in [0.4, 0.5) is 14.9 Å². The molecule has 0 spiro atoms. The fourth-order valence-electron chi connectivity index (χ4n) is 3.12. The van der Waals surface area contributed by atoms with E-state index >= 15 is 0 Å². The molecule has 6 heteroatoms. The van der Waals surface area contributed by atoms with Gasteiger partial charge in [0.25, 0.3) is 0 Å². The van der Waals surface area contributed by atoms with Crippen molar-refractivity contribution < 1.29 is 14.0 Å². The number of nitrogens with one attached hydrogen (secondary N) is 2. The highest BCUT2D eigenvalue weighted by molar-refractivity contribution is 5.89. The van der Waals surface area contributed by atoms with Gasteiger partial charge in [0, 0.05) is 31.7 Å². The van der Waals surface area contributed by atoms with Crippen LogP contribution in [0.15, 0.2) is 48.5 Å². The number of rotatable bonds is 6. The van der Waals surface area contributed by atoms with Gasteiger partial charge in [-0.2, -0.15) is 0 Å². The lowest BCUT2D eigenvalue weighted by Crippen LogP contribution is -2.32. The number of aryl methyl sites for hydroxylation is 1. The molecule has 0 radical (unpaired) electrons. The molecule has 0 aliphatic carbocycles. The molecule has 1 aliphatic rings. The van der Waals surface area contributed by atoms with E-state index in [1.54, 1.807) is 23.1 Å². The summed E-state index contributed by atoms with van der Waals surface area (Å²) in [6.45, 7) is 1.96. The minimum absolute atomic E-state index is 0.0847. The molecule has 3 rings (SSSR count). The Morgan fingerprint density at radius 3 is 2.59 bits per heavy atom. The van der Waals surface area contributed by atoms with E-state index in [-0.39, 0.29) is 24.2 Å². The molecule has 1 aliphatic heterocycles. The zero-order valence-corrected chi connectivity index (χ0v) is 15.2. The summed E-state index contributed by atoms with van der Waals surface area (Å²) in [6, 6.07) is 13.8. The normalized spacial score (nSPS) is 13.4. The van der Waals surface area contributed by atoms with Crippen LogP contribution in [0.3, 0.4) is 0 Å². The molecule has 5 nitrogen and oxygen atoms in total. The van der Waals surface area contributed by atoms with Gasteiger partial charge in [0.2, 0.25) is 5.91 Å². The molecular weight excluding hydrogens is 345 g/mol. The van der Waals surface area contributed by atoms with Gasteiger partial charge in [-0.25, -0.2) is 9.18 Å². The van der Waals surface area contributed by atoms with Crippen LogP contribution in [-0.4, -0.2) is 29.9 Å². The van der Waals surface area contributed by atoms with Crippen molar-refractivity contribution in [1.82, 2.24) is 10.2 Å².